The lowest BCUT2D eigenvalue weighted by atomic mass is 9.87. The third-order valence-corrected chi connectivity index (χ3v) is 4.01. The van der Waals surface area contributed by atoms with Crippen molar-refractivity contribution >= 4 is 5.91 Å². The molecule has 0 atom stereocenters. The van der Waals surface area contributed by atoms with Crippen molar-refractivity contribution in [3.8, 4) is 5.75 Å². The molecule has 0 aromatic heterocycles. The van der Waals surface area contributed by atoms with Crippen LogP contribution < -0.4 is 10.1 Å². The van der Waals surface area contributed by atoms with Crippen LogP contribution in [-0.4, -0.2) is 18.7 Å². The standard InChI is InChI=1S/C17H22F3NO2/c18-17(19,20)12-23-15-8-6-14(7-9-15)11-21-16(22)10-13-4-2-1-3-5-13/h6-9,13H,1-5,10-12H2,(H,21,22). The van der Waals surface area contributed by atoms with Crippen LogP contribution >= 0.6 is 0 Å². The monoisotopic (exact) mass is 329 g/mol. The molecule has 23 heavy (non-hydrogen) atoms. The maximum absolute atomic E-state index is 12.1. The zero-order chi connectivity index (χ0) is 16.7. The maximum atomic E-state index is 12.1. The fourth-order valence-electron chi connectivity index (χ4n) is 2.79. The number of nitrogens with one attached hydrogen (secondary N) is 1. The van der Waals surface area contributed by atoms with Crippen LogP contribution in [0.15, 0.2) is 24.3 Å². The average Bonchev–Trinajstić information content (AvgIpc) is 2.52. The summed E-state index contributed by atoms with van der Waals surface area (Å²) in [5, 5.41) is 2.86. The molecular weight excluding hydrogens is 307 g/mol. The number of ether oxygens (including phenoxy) is 1. The summed E-state index contributed by atoms with van der Waals surface area (Å²) < 4.78 is 40.8. The van der Waals surface area contributed by atoms with E-state index in [-0.39, 0.29) is 11.7 Å². The van der Waals surface area contributed by atoms with E-state index < -0.39 is 12.8 Å². The molecule has 1 aromatic rings. The van der Waals surface area contributed by atoms with Gasteiger partial charge in [-0.25, -0.2) is 0 Å². The van der Waals surface area contributed by atoms with Gasteiger partial charge in [-0.1, -0.05) is 31.4 Å². The van der Waals surface area contributed by atoms with Crippen LogP contribution in [-0.2, 0) is 11.3 Å². The summed E-state index contributed by atoms with van der Waals surface area (Å²) in [5.41, 5.74) is 0.835. The van der Waals surface area contributed by atoms with E-state index in [2.05, 4.69) is 10.1 Å². The lowest BCUT2D eigenvalue weighted by Gasteiger charge is -2.20. The van der Waals surface area contributed by atoms with Gasteiger partial charge >= 0.3 is 6.18 Å². The Balaban J connectivity index is 1.71. The number of hydrogen-bond acceptors (Lipinski definition) is 2. The van der Waals surface area contributed by atoms with E-state index in [1.165, 1.54) is 31.4 Å². The predicted octanol–water partition coefficient (Wildman–Crippen LogP) is 4.21. The van der Waals surface area contributed by atoms with E-state index in [0.29, 0.717) is 18.9 Å². The Morgan fingerprint density at radius 2 is 1.78 bits per heavy atom. The molecule has 0 bridgehead atoms. The minimum Gasteiger partial charge on any atom is -0.484 e. The smallest absolute Gasteiger partial charge is 0.422 e. The number of rotatable bonds is 6. The van der Waals surface area contributed by atoms with E-state index >= 15 is 0 Å². The van der Waals surface area contributed by atoms with E-state index in [0.717, 1.165) is 18.4 Å². The zero-order valence-corrected chi connectivity index (χ0v) is 13.0. The van der Waals surface area contributed by atoms with Crippen molar-refractivity contribution in [2.45, 2.75) is 51.2 Å². The van der Waals surface area contributed by atoms with Crippen LogP contribution in [0.25, 0.3) is 0 Å². The molecule has 0 heterocycles. The van der Waals surface area contributed by atoms with Crippen LogP contribution in [0.3, 0.4) is 0 Å². The van der Waals surface area contributed by atoms with Crippen LogP contribution in [0.1, 0.15) is 44.1 Å². The van der Waals surface area contributed by atoms with E-state index in [1.54, 1.807) is 12.1 Å². The summed E-state index contributed by atoms with van der Waals surface area (Å²) in [5.74, 6) is 0.691. The zero-order valence-electron chi connectivity index (χ0n) is 13.0. The van der Waals surface area contributed by atoms with Crippen molar-refractivity contribution < 1.29 is 22.7 Å². The number of hydrogen-bond donors (Lipinski definition) is 1. The summed E-state index contributed by atoms with van der Waals surface area (Å²) in [4.78, 5) is 11.9. The maximum Gasteiger partial charge on any atom is 0.422 e. The number of alkyl halides is 3. The molecular formula is C17H22F3NO2. The molecule has 1 amide bonds. The highest BCUT2D eigenvalue weighted by molar-refractivity contribution is 5.76. The van der Waals surface area contributed by atoms with Crippen molar-refractivity contribution in [1.82, 2.24) is 5.32 Å². The Morgan fingerprint density at radius 3 is 2.39 bits per heavy atom. The summed E-state index contributed by atoms with van der Waals surface area (Å²) >= 11 is 0. The first-order valence-electron chi connectivity index (χ1n) is 7.97. The summed E-state index contributed by atoms with van der Waals surface area (Å²) in [7, 11) is 0. The molecule has 0 unspecified atom stereocenters. The molecule has 0 aliphatic heterocycles. The van der Waals surface area contributed by atoms with E-state index in [1.807, 2.05) is 0 Å². The Labute approximate surface area is 134 Å². The molecule has 0 radical (unpaired) electrons. The number of benzene rings is 1. The highest BCUT2D eigenvalue weighted by atomic mass is 19.4. The van der Waals surface area contributed by atoms with Gasteiger partial charge in [-0.2, -0.15) is 13.2 Å². The third-order valence-electron chi connectivity index (χ3n) is 4.01. The molecule has 1 saturated carbocycles. The van der Waals surface area contributed by atoms with Crippen LogP contribution in [0.2, 0.25) is 0 Å². The second kappa shape index (κ2) is 8.22. The topological polar surface area (TPSA) is 38.3 Å². The van der Waals surface area contributed by atoms with Gasteiger partial charge in [0.1, 0.15) is 5.75 Å². The van der Waals surface area contributed by atoms with Gasteiger partial charge in [0.2, 0.25) is 5.91 Å². The van der Waals surface area contributed by atoms with Crippen molar-refractivity contribution in [1.29, 1.82) is 0 Å². The molecule has 128 valence electrons. The third kappa shape index (κ3) is 6.93. The van der Waals surface area contributed by atoms with Crippen molar-refractivity contribution in [3.63, 3.8) is 0 Å². The Bertz CT molecular complexity index is 494. The molecule has 1 aliphatic rings. The largest absolute Gasteiger partial charge is 0.484 e. The first kappa shape index (κ1) is 17.6. The fraction of sp³-hybridized carbons (Fsp3) is 0.588. The number of halogens is 3. The van der Waals surface area contributed by atoms with Gasteiger partial charge in [0, 0.05) is 13.0 Å². The second-order valence-corrected chi connectivity index (χ2v) is 6.03. The van der Waals surface area contributed by atoms with Gasteiger partial charge in [0.05, 0.1) is 0 Å². The molecule has 1 N–H and O–H groups in total. The summed E-state index contributed by atoms with van der Waals surface area (Å²) in [6.45, 7) is -0.921. The quantitative estimate of drug-likeness (QED) is 0.849. The van der Waals surface area contributed by atoms with Gasteiger partial charge in [-0.3, -0.25) is 4.79 Å². The van der Waals surface area contributed by atoms with E-state index in [4.69, 9.17) is 0 Å². The molecule has 3 nitrogen and oxygen atoms in total. The fourth-order valence-corrected chi connectivity index (χ4v) is 2.79. The van der Waals surface area contributed by atoms with Gasteiger partial charge < -0.3 is 10.1 Å². The normalized spacial score (nSPS) is 16.1. The number of carbonyl (C=O) groups excluding carboxylic acids is 1. The molecule has 1 fully saturated rings. The van der Waals surface area contributed by atoms with Gasteiger partial charge in [-0.15, -0.1) is 0 Å². The molecule has 1 aromatic carbocycles. The van der Waals surface area contributed by atoms with Crippen LogP contribution in [0.5, 0.6) is 5.75 Å². The van der Waals surface area contributed by atoms with Crippen molar-refractivity contribution in [2.24, 2.45) is 5.92 Å². The summed E-state index contributed by atoms with van der Waals surface area (Å²) in [6, 6.07) is 6.28. The molecule has 6 heteroatoms. The molecule has 1 aliphatic carbocycles. The minimum absolute atomic E-state index is 0.0364. The SMILES string of the molecule is O=C(CC1CCCCC1)NCc1ccc(OCC(F)(F)F)cc1. The molecule has 0 spiro atoms. The van der Waals surface area contributed by atoms with E-state index in [9.17, 15) is 18.0 Å². The Hall–Kier alpha value is -1.72. The van der Waals surface area contributed by atoms with Gasteiger partial charge in [0.15, 0.2) is 6.61 Å². The van der Waals surface area contributed by atoms with Gasteiger partial charge in [0.25, 0.3) is 0 Å². The minimum atomic E-state index is -4.34. The van der Waals surface area contributed by atoms with Crippen LogP contribution in [0, 0.1) is 5.92 Å². The van der Waals surface area contributed by atoms with Crippen molar-refractivity contribution in [2.75, 3.05) is 6.61 Å². The summed E-state index contributed by atoms with van der Waals surface area (Å²) in [6.07, 6.45) is 2.14. The molecule has 2 rings (SSSR count). The Morgan fingerprint density at radius 1 is 1.13 bits per heavy atom. The first-order valence-corrected chi connectivity index (χ1v) is 7.97. The number of carbonyl (C=O) groups is 1. The first-order chi connectivity index (χ1) is 10.9. The lowest BCUT2D eigenvalue weighted by Crippen LogP contribution is -2.25. The lowest BCUT2D eigenvalue weighted by molar-refractivity contribution is -0.153. The molecule has 0 saturated heterocycles. The highest BCUT2D eigenvalue weighted by Gasteiger charge is 2.28. The highest BCUT2D eigenvalue weighted by Crippen LogP contribution is 2.26. The predicted molar refractivity (Wildman–Crippen MR) is 81.0 cm³/mol. The second-order valence-electron chi connectivity index (χ2n) is 6.03. The number of amides is 1. The Kier molecular flexibility index (Phi) is 6.30. The van der Waals surface area contributed by atoms with Gasteiger partial charge in [-0.05, 0) is 36.5 Å². The average molecular weight is 329 g/mol. The van der Waals surface area contributed by atoms with Crippen LogP contribution in [0.4, 0.5) is 13.2 Å². The van der Waals surface area contributed by atoms with Crippen molar-refractivity contribution in [3.05, 3.63) is 29.8 Å².